The van der Waals surface area contributed by atoms with Gasteiger partial charge in [0.15, 0.2) is 5.25 Å². The Balaban J connectivity index is 2.72. The van der Waals surface area contributed by atoms with Crippen LogP contribution in [-0.4, -0.2) is 49.1 Å². The van der Waals surface area contributed by atoms with Gasteiger partial charge in [-0.2, -0.15) is 0 Å². The van der Waals surface area contributed by atoms with Crippen LogP contribution in [0.5, 0.6) is 0 Å². The minimum Gasteiger partial charge on any atom is -0.468 e. The van der Waals surface area contributed by atoms with Crippen LogP contribution in [0.2, 0.25) is 0 Å². The molecule has 0 bridgehead atoms. The highest BCUT2D eigenvalue weighted by Gasteiger charge is 2.36. The van der Waals surface area contributed by atoms with E-state index in [4.69, 9.17) is 18.0 Å². The van der Waals surface area contributed by atoms with Gasteiger partial charge in [0, 0.05) is 19.0 Å². The summed E-state index contributed by atoms with van der Waals surface area (Å²) in [5.41, 5.74) is 5.54. The minimum atomic E-state index is -3.65. The van der Waals surface area contributed by atoms with Gasteiger partial charge < -0.3 is 10.5 Å². The van der Waals surface area contributed by atoms with Crippen molar-refractivity contribution in [2.45, 2.75) is 25.0 Å². The number of piperidine rings is 1. The Kier molecular flexibility index (Phi) is 5.06. The number of ether oxygens (including phenoxy) is 1. The highest BCUT2D eigenvalue weighted by molar-refractivity contribution is 7.90. The number of nitrogens with two attached hydrogens (primary N) is 1. The first-order valence-electron chi connectivity index (χ1n) is 5.66. The Morgan fingerprint density at radius 3 is 2.33 bits per heavy atom. The van der Waals surface area contributed by atoms with Crippen molar-refractivity contribution in [3.63, 3.8) is 0 Å². The first-order valence-corrected chi connectivity index (χ1v) is 7.58. The summed E-state index contributed by atoms with van der Waals surface area (Å²) in [5.74, 6) is -0.661. The Labute approximate surface area is 113 Å². The Morgan fingerprint density at radius 2 is 1.94 bits per heavy atom. The largest absolute Gasteiger partial charge is 0.468 e. The second-order valence-electron chi connectivity index (χ2n) is 4.29. The fourth-order valence-corrected chi connectivity index (χ4v) is 3.65. The van der Waals surface area contributed by atoms with Crippen LogP contribution in [0.1, 0.15) is 19.8 Å². The Hall–Kier alpha value is -0.730. The third-order valence-corrected chi connectivity index (χ3v) is 5.70. The van der Waals surface area contributed by atoms with Crippen LogP contribution in [0, 0.1) is 5.92 Å². The van der Waals surface area contributed by atoms with Crippen molar-refractivity contribution in [3.05, 3.63) is 0 Å². The van der Waals surface area contributed by atoms with Gasteiger partial charge in [-0.3, -0.25) is 4.79 Å². The lowest BCUT2D eigenvalue weighted by molar-refractivity contribution is -0.139. The van der Waals surface area contributed by atoms with Crippen LogP contribution < -0.4 is 5.73 Å². The lowest BCUT2D eigenvalue weighted by Crippen LogP contribution is -2.46. The number of esters is 1. The summed E-state index contributed by atoms with van der Waals surface area (Å²) in [6.07, 6.45) is 1.20. The average Bonchev–Trinajstić information content (AvgIpc) is 2.36. The molecule has 2 N–H and O–H groups in total. The van der Waals surface area contributed by atoms with Crippen molar-refractivity contribution in [2.75, 3.05) is 20.2 Å². The molecule has 1 saturated heterocycles. The zero-order chi connectivity index (χ0) is 13.9. The molecule has 0 aromatic rings. The molecule has 6 nitrogen and oxygen atoms in total. The van der Waals surface area contributed by atoms with Crippen LogP contribution in [0.3, 0.4) is 0 Å². The lowest BCUT2D eigenvalue weighted by atomic mass is 9.98. The minimum absolute atomic E-state index is 0.0832. The summed E-state index contributed by atoms with van der Waals surface area (Å²) >= 11 is 4.90. The van der Waals surface area contributed by atoms with E-state index in [9.17, 15) is 13.2 Å². The highest BCUT2D eigenvalue weighted by atomic mass is 32.2. The van der Waals surface area contributed by atoms with Crippen molar-refractivity contribution < 1.29 is 17.9 Å². The molecule has 1 rings (SSSR count). The molecule has 0 radical (unpaired) electrons. The molecular formula is C10H18N2O4S2. The van der Waals surface area contributed by atoms with Gasteiger partial charge in [0.2, 0.25) is 10.0 Å². The van der Waals surface area contributed by atoms with Gasteiger partial charge in [-0.25, -0.2) is 12.7 Å². The van der Waals surface area contributed by atoms with E-state index in [2.05, 4.69) is 4.74 Å². The SMILES string of the molecule is COC(=O)C(C)S(=O)(=O)N1CCC(C(N)=S)CC1. The standard InChI is InChI=1S/C10H18N2O4S2/c1-7(10(13)16-2)18(14,15)12-5-3-8(4-6-12)9(11)17/h7-8H,3-6H2,1-2H3,(H2,11,17). The molecule has 0 spiro atoms. The average molecular weight is 294 g/mol. The summed E-state index contributed by atoms with van der Waals surface area (Å²) in [6, 6.07) is 0. The van der Waals surface area contributed by atoms with Crippen LogP contribution in [0.25, 0.3) is 0 Å². The number of carbonyl (C=O) groups is 1. The van der Waals surface area contributed by atoms with Crippen molar-refractivity contribution in [3.8, 4) is 0 Å². The van der Waals surface area contributed by atoms with Gasteiger partial charge in [0.1, 0.15) is 0 Å². The maximum atomic E-state index is 12.1. The van der Waals surface area contributed by atoms with E-state index in [1.54, 1.807) is 0 Å². The second-order valence-corrected chi connectivity index (χ2v) is 7.01. The predicted molar refractivity (Wildman–Crippen MR) is 71.5 cm³/mol. The fourth-order valence-electron chi connectivity index (χ4n) is 1.91. The first-order chi connectivity index (χ1) is 8.30. The smallest absolute Gasteiger partial charge is 0.325 e. The molecule has 0 aromatic carbocycles. The van der Waals surface area contributed by atoms with Gasteiger partial charge in [-0.1, -0.05) is 12.2 Å². The first kappa shape index (κ1) is 15.3. The maximum absolute atomic E-state index is 12.1. The Bertz CT molecular complexity index is 427. The summed E-state index contributed by atoms with van der Waals surface area (Å²) in [7, 11) is -2.47. The van der Waals surface area contributed by atoms with Gasteiger partial charge in [-0.15, -0.1) is 0 Å². The van der Waals surface area contributed by atoms with Crippen molar-refractivity contribution >= 4 is 33.2 Å². The molecule has 1 fully saturated rings. The summed E-state index contributed by atoms with van der Waals surface area (Å²) in [4.78, 5) is 11.7. The number of sulfonamides is 1. The summed E-state index contributed by atoms with van der Waals surface area (Å²) in [6.45, 7) is 2.01. The Morgan fingerprint density at radius 1 is 1.44 bits per heavy atom. The molecule has 8 heteroatoms. The lowest BCUT2D eigenvalue weighted by Gasteiger charge is -2.31. The molecule has 0 aliphatic carbocycles. The van der Waals surface area contributed by atoms with Crippen molar-refractivity contribution in [1.29, 1.82) is 0 Å². The molecule has 0 saturated carbocycles. The number of rotatable bonds is 4. The zero-order valence-electron chi connectivity index (χ0n) is 10.5. The molecule has 104 valence electrons. The summed E-state index contributed by atoms with van der Waals surface area (Å²) < 4.78 is 30.0. The quantitative estimate of drug-likeness (QED) is 0.574. The topological polar surface area (TPSA) is 89.7 Å². The monoisotopic (exact) mass is 294 g/mol. The molecule has 1 heterocycles. The van der Waals surface area contributed by atoms with Gasteiger partial charge in [-0.05, 0) is 19.8 Å². The number of hydrogen-bond donors (Lipinski definition) is 1. The van der Waals surface area contributed by atoms with E-state index >= 15 is 0 Å². The third kappa shape index (κ3) is 3.18. The van der Waals surface area contributed by atoms with Crippen LogP contribution in [0.15, 0.2) is 0 Å². The van der Waals surface area contributed by atoms with Gasteiger partial charge in [0.05, 0.1) is 12.1 Å². The third-order valence-electron chi connectivity index (χ3n) is 3.20. The molecule has 0 aromatic heterocycles. The molecule has 1 aliphatic rings. The van der Waals surface area contributed by atoms with Crippen LogP contribution in [-0.2, 0) is 19.6 Å². The molecule has 1 atom stereocenters. The number of hydrogen-bond acceptors (Lipinski definition) is 5. The van der Waals surface area contributed by atoms with E-state index < -0.39 is 21.2 Å². The van der Waals surface area contributed by atoms with Crippen molar-refractivity contribution in [2.24, 2.45) is 11.7 Å². The van der Waals surface area contributed by atoms with E-state index in [-0.39, 0.29) is 5.92 Å². The number of thiocarbonyl (C=S) groups is 1. The van der Waals surface area contributed by atoms with Crippen molar-refractivity contribution in [1.82, 2.24) is 4.31 Å². The van der Waals surface area contributed by atoms with E-state index in [0.29, 0.717) is 30.9 Å². The van der Waals surface area contributed by atoms with E-state index in [1.165, 1.54) is 18.3 Å². The number of carbonyl (C=O) groups excluding carboxylic acids is 1. The van der Waals surface area contributed by atoms with Crippen LogP contribution in [0.4, 0.5) is 0 Å². The summed E-state index contributed by atoms with van der Waals surface area (Å²) in [5, 5.41) is -1.18. The normalized spacial score (nSPS) is 20.3. The molecule has 0 amide bonds. The van der Waals surface area contributed by atoms with Gasteiger partial charge in [0.25, 0.3) is 0 Å². The number of nitrogens with zero attached hydrogens (tertiary/aromatic N) is 1. The highest BCUT2D eigenvalue weighted by Crippen LogP contribution is 2.22. The van der Waals surface area contributed by atoms with E-state index in [1.807, 2.05) is 0 Å². The number of methoxy groups -OCH3 is 1. The maximum Gasteiger partial charge on any atom is 0.325 e. The second kappa shape index (κ2) is 5.94. The zero-order valence-corrected chi connectivity index (χ0v) is 12.1. The van der Waals surface area contributed by atoms with Gasteiger partial charge >= 0.3 is 5.97 Å². The predicted octanol–water partition coefficient (Wildman–Crippen LogP) is -0.124. The van der Waals surface area contributed by atoms with Crippen LogP contribution >= 0.6 is 12.2 Å². The molecule has 18 heavy (non-hydrogen) atoms. The molecular weight excluding hydrogens is 276 g/mol. The fraction of sp³-hybridized carbons (Fsp3) is 0.800. The molecule has 1 aliphatic heterocycles. The van der Waals surface area contributed by atoms with E-state index in [0.717, 1.165) is 0 Å². The molecule has 1 unspecified atom stereocenters.